The maximum atomic E-state index is 13.5. The predicted octanol–water partition coefficient (Wildman–Crippen LogP) is 5.12. The van der Waals surface area contributed by atoms with Gasteiger partial charge in [-0.1, -0.05) is 12.1 Å². The van der Waals surface area contributed by atoms with Crippen molar-refractivity contribution in [2.75, 3.05) is 26.2 Å². The number of likely N-dealkylation sites (tertiary alicyclic amines) is 1. The van der Waals surface area contributed by atoms with Crippen molar-refractivity contribution in [2.45, 2.75) is 71.9 Å². The average molecular weight is 393 g/mol. The van der Waals surface area contributed by atoms with Crippen molar-refractivity contribution in [3.05, 3.63) is 35.6 Å². The van der Waals surface area contributed by atoms with Crippen LogP contribution in [0.5, 0.6) is 0 Å². The van der Waals surface area contributed by atoms with Crippen molar-refractivity contribution in [1.82, 2.24) is 9.80 Å². The molecule has 0 atom stereocenters. The summed E-state index contributed by atoms with van der Waals surface area (Å²) >= 11 is 0. The number of rotatable bonds is 6. The van der Waals surface area contributed by atoms with Crippen LogP contribution in [-0.4, -0.2) is 53.2 Å². The minimum Gasteiger partial charge on any atom is -0.444 e. The fourth-order valence-electron chi connectivity index (χ4n) is 3.95. The van der Waals surface area contributed by atoms with Crippen molar-refractivity contribution in [3.63, 3.8) is 0 Å². The molecule has 0 radical (unpaired) electrons. The molecule has 1 fully saturated rings. The van der Waals surface area contributed by atoms with E-state index in [1.54, 1.807) is 12.1 Å². The van der Waals surface area contributed by atoms with Gasteiger partial charge < -0.3 is 9.64 Å². The second kappa shape index (κ2) is 9.25. The van der Waals surface area contributed by atoms with E-state index in [-0.39, 0.29) is 17.4 Å². The monoisotopic (exact) mass is 392 g/mol. The summed E-state index contributed by atoms with van der Waals surface area (Å²) in [6.07, 6.45) is 2.73. The lowest BCUT2D eigenvalue weighted by molar-refractivity contribution is 0.0168. The molecule has 1 aliphatic rings. The van der Waals surface area contributed by atoms with Crippen LogP contribution >= 0.6 is 0 Å². The van der Waals surface area contributed by atoms with Gasteiger partial charge in [-0.25, -0.2) is 9.18 Å². The average Bonchev–Trinajstić information content (AvgIpc) is 2.58. The molecule has 158 valence electrons. The van der Waals surface area contributed by atoms with E-state index in [0.29, 0.717) is 12.5 Å². The number of hydrogen-bond acceptors (Lipinski definition) is 3. The van der Waals surface area contributed by atoms with Crippen molar-refractivity contribution >= 4 is 6.09 Å². The van der Waals surface area contributed by atoms with Crippen LogP contribution in [0.25, 0.3) is 0 Å². The Morgan fingerprint density at radius 2 is 1.86 bits per heavy atom. The Kier molecular flexibility index (Phi) is 7.49. The fraction of sp³-hybridized carbons (Fsp3) is 0.696. The largest absolute Gasteiger partial charge is 0.444 e. The van der Waals surface area contributed by atoms with E-state index in [1.165, 1.54) is 6.07 Å². The Morgan fingerprint density at radius 1 is 1.21 bits per heavy atom. The molecule has 4 nitrogen and oxygen atoms in total. The topological polar surface area (TPSA) is 32.8 Å². The van der Waals surface area contributed by atoms with Crippen LogP contribution in [0.15, 0.2) is 24.3 Å². The fourth-order valence-corrected chi connectivity index (χ4v) is 3.95. The number of amides is 1. The van der Waals surface area contributed by atoms with Gasteiger partial charge in [0.05, 0.1) is 0 Å². The number of piperidine rings is 1. The molecule has 1 aliphatic heterocycles. The minimum atomic E-state index is -0.463. The van der Waals surface area contributed by atoms with Crippen LogP contribution in [0.2, 0.25) is 0 Å². The van der Waals surface area contributed by atoms with E-state index in [1.807, 2.05) is 38.7 Å². The first-order chi connectivity index (χ1) is 13.0. The minimum absolute atomic E-state index is 0.0195. The molecule has 0 bridgehead atoms. The second-order valence-corrected chi connectivity index (χ2v) is 9.57. The van der Waals surface area contributed by atoms with Crippen LogP contribution < -0.4 is 0 Å². The van der Waals surface area contributed by atoms with E-state index in [4.69, 9.17) is 4.74 Å². The zero-order valence-corrected chi connectivity index (χ0v) is 18.4. The van der Waals surface area contributed by atoms with E-state index in [9.17, 15) is 9.18 Å². The zero-order chi connectivity index (χ0) is 20.9. The van der Waals surface area contributed by atoms with Crippen LogP contribution in [-0.2, 0) is 11.2 Å². The van der Waals surface area contributed by atoms with Crippen molar-refractivity contribution in [1.29, 1.82) is 0 Å². The highest BCUT2D eigenvalue weighted by Gasteiger charge is 2.32. The first kappa shape index (κ1) is 22.7. The quantitative estimate of drug-likeness (QED) is 0.674. The standard InChI is InChI=1S/C23H37FN2O2/c1-7-25(21(27)28-22(2,3)4)17-18-11-13-26(14-12-18)23(5,6)16-19-9-8-10-20(24)15-19/h8-10,15,18H,7,11-14,16-17H2,1-6H3. The number of hydrogen-bond donors (Lipinski definition) is 0. The highest BCUT2D eigenvalue weighted by Crippen LogP contribution is 2.28. The van der Waals surface area contributed by atoms with Gasteiger partial charge in [0.1, 0.15) is 11.4 Å². The molecule has 1 amide bonds. The molecule has 1 heterocycles. The Labute approximate surface area is 170 Å². The Bertz CT molecular complexity index is 646. The molecule has 0 aromatic heterocycles. The van der Waals surface area contributed by atoms with E-state index >= 15 is 0 Å². The molecule has 2 rings (SSSR count). The third-order valence-corrected chi connectivity index (χ3v) is 5.51. The molecule has 0 N–H and O–H groups in total. The third-order valence-electron chi connectivity index (χ3n) is 5.51. The van der Waals surface area contributed by atoms with Gasteiger partial charge >= 0.3 is 6.09 Å². The molecular formula is C23H37FN2O2. The number of nitrogens with zero attached hydrogens (tertiary/aromatic N) is 2. The smallest absolute Gasteiger partial charge is 0.410 e. The van der Waals surface area contributed by atoms with Gasteiger partial charge in [-0.05, 0) is 97.5 Å². The third kappa shape index (κ3) is 6.77. The number of ether oxygens (including phenoxy) is 1. The molecule has 0 spiro atoms. The van der Waals surface area contributed by atoms with Gasteiger partial charge in [0.2, 0.25) is 0 Å². The summed E-state index contributed by atoms with van der Waals surface area (Å²) in [7, 11) is 0. The summed E-state index contributed by atoms with van der Waals surface area (Å²) in [6.45, 7) is 15.6. The van der Waals surface area contributed by atoms with Crippen LogP contribution in [0.4, 0.5) is 9.18 Å². The normalized spacial score (nSPS) is 16.8. The van der Waals surface area contributed by atoms with Gasteiger partial charge in [0.15, 0.2) is 0 Å². The Hall–Kier alpha value is -1.62. The van der Waals surface area contributed by atoms with Gasteiger partial charge in [-0.2, -0.15) is 0 Å². The second-order valence-electron chi connectivity index (χ2n) is 9.57. The first-order valence-electron chi connectivity index (χ1n) is 10.5. The van der Waals surface area contributed by atoms with E-state index < -0.39 is 5.60 Å². The number of halogens is 1. The first-order valence-corrected chi connectivity index (χ1v) is 10.5. The molecule has 0 unspecified atom stereocenters. The lowest BCUT2D eigenvalue weighted by Crippen LogP contribution is -2.51. The summed E-state index contributed by atoms with van der Waals surface area (Å²) in [5.74, 6) is 0.322. The Morgan fingerprint density at radius 3 is 2.39 bits per heavy atom. The number of carbonyl (C=O) groups excluding carboxylic acids is 1. The lowest BCUT2D eigenvalue weighted by Gasteiger charge is -2.44. The number of carbonyl (C=O) groups is 1. The molecule has 1 saturated heterocycles. The van der Waals surface area contributed by atoms with Crippen molar-refractivity contribution in [2.24, 2.45) is 5.92 Å². The molecule has 0 aliphatic carbocycles. The summed E-state index contributed by atoms with van der Waals surface area (Å²) in [5, 5.41) is 0. The molecule has 5 heteroatoms. The van der Waals surface area contributed by atoms with Gasteiger partial charge in [0, 0.05) is 18.6 Å². The summed E-state index contributed by atoms with van der Waals surface area (Å²) in [4.78, 5) is 16.7. The van der Waals surface area contributed by atoms with Crippen molar-refractivity contribution < 1.29 is 13.9 Å². The highest BCUT2D eigenvalue weighted by atomic mass is 19.1. The van der Waals surface area contributed by atoms with E-state index in [0.717, 1.165) is 44.5 Å². The van der Waals surface area contributed by atoms with Crippen LogP contribution in [0.1, 0.15) is 59.9 Å². The van der Waals surface area contributed by atoms with Gasteiger partial charge in [-0.3, -0.25) is 4.90 Å². The number of benzene rings is 1. The summed E-state index contributed by atoms with van der Waals surface area (Å²) < 4.78 is 19.0. The van der Waals surface area contributed by atoms with Crippen LogP contribution in [0.3, 0.4) is 0 Å². The van der Waals surface area contributed by atoms with Crippen LogP contribution in [0, 0.1) is 11.7 Å². The van der Waals surface area contributed by atoms with E-state index in [2.05, 4.69) is 18.7 Å². The molecule has 1 aromatic rings. The summed E-state index contributed by atoms with van der Waals surface area (Å²) in [6, 6.07) is 6.90. The molecule has 28 heavy (non-hydrogen) atoms. The zero-order valence-electron chi connectivity index (χ0n) is 18.4. The maximum absolute atomic E-state index is 13.5. The molecule has 0 saturated carbocycles. The lowest BCUT2D eigenvalue weighted by atomic mass is 9.88. The van der Waals surface area contributed by atoms with Gasteiger partial charge in [0.25, 0.3) is 0 Å². The highest BCUT2D eigenvalue weighted by molar-refractivity contribution is 5.68. The SMILES string of the molecule is CCN(CC1CCN(C(C)(C)Cc2cccc(F)c2)CC1)C(=O)OC(C)(C)C. The van der Waals surface area contributed by atoms with Gasteiger partial charge in [-0.15, -0.1) is 0 Å². The van der Waals surface area contributed by atoms with Crippen molar-refractivity contribution in [3.8, 4) is 0 Å². The Balaban J connectivity index is 1.88. The predicted molar refractivity (Wildman–Crippen MR) is 112 cm³/mol. The maximum Gasteiger partial charge on any atom is 0.410 e. The molecular weight excluding hydrogens is 355 g/mol. The molecule has 1 aromatic carbocycles. The summed E-state index contributed by atoms with van der Waals surface area (Å²) in [5.41, 5.74) is 0.553.